The number of hydrogen-bond acceptors (Lipinski definition) is 2. The molecule has 88 valence electrons. The maximum atomic E-state index is 13.0. The first-order valence-electron chi connectivity index (χ1n) is 4.71. The molecule has 1 aromatic heterocycles. The highest BCUT2D eigenvalue weighted by molar-refractivity contribution is 9.10. The van der Waals surface area contributed by atoms with E-state index in [0.29, 0.717) is 15.7 Å². The number of nitrogens with zero attached hydrogens (tertiary/aromatic N) is 1. The molecule has 0 aliphatic heterocycles. The highest BCUT2D eigenvalue weighted by Crippen LogP contribution is 2.18. The number of nitrogens with one attached hydrogen (secondary N) is 1. The Kier molecular flexibility index (Phi) is 3.06. The van der Waals surface area contributed by atoms with Crippen molar-refractivity contribution in [1.82, 2.24) is 9.97 Å². The van der Waals surface area contributed by atoms with Gasteiger partial charge in [-0.3, -0.25) is 4.79 Å². The van der Waals surface area contributed by atoms with Crippen LogP contribution < -0.4 is 5.56 Å². The molecule has 0 saturated carbocycles. The highest BCUT2D eigenvalue weighted by Gasteiger charge is 2.09. The summed E-state index contributed by atoms with van der Waals surface area (Å²) in [6.45, 7) is 1.64. The molecule has 0 fully saturated rings. The molecule has 0 unspecified atom stereocenters. The molecule has 1 aromatic carbocycles. The second-order valence-corrected chi connectivity index (χ2v) is 4.24. The summed E-state index contributed by atoms with van der Waals surface area (Å²) >= 11 is 3.07. The van der Waals surface area contributed by atoms with Gasteiger partial charge in [-0.25, -0.2) is 13.8 Å². The molecule has 3 nitrogen and oxygen atoms in total. The molecule has 0 amide bonds. The summed E-state index contributed by atoms with van der Waals surface area (Å²) in [5, 5.41) is 0. The van der Waals surface area contributed by atoms with E-state index in [1.54, 1.807) is 6.92 Å². The summed E-state index contributed by atoms with van der Waals surface area (Å²) in [5.41, 5.74) is 0.433. The first-order valence-corrected chi connectivity index (χ1v) is 5.50. The quantitative estimate of drug-likeness (QED) is 0.880. The molecular formula is C11H7BrF2N2O. The summed E-state index contributed by atoms with van der Waals surface area (Å²) in [6, 6.07) is 3.33. The fourth-order valence-corrected chi connectivity index (χ4v) is 1.54. The lowest BCUT2D eigenvalue weighted by atomic mass is 10.2. The maximum absolute atomic E-state index is 13.0. The Morgan fingerprint density at radius 3 is 2.59 bits per heavy atom. The van der Waals surface area contributed by atoms with E-state index < -0.39 is 11.6 Å². The number of rotatable bonds is 1. The van der Waals surface area contributed by atoms with Gasteiger partial charge in [-0.1, -0.05) is 0 Å². The summed E-state index contributed by atoms with van der Waals surface area (Å²) in [4.78, 5) is 18.0. The van der Waals surface area contributed by atoms with E-state index in [9.17, 15) is 13.6 Å². The molecule has 0 aliphatic rings. The molecule has 0 aliphatic carbocycles. The monoisotopic (exact) mass is 300 g/mol. The van der Waals surface area contributed by atoms with E-state index in [-0.39, 0.29) is 11.4 Å². The lowest BCUT2D eigenvalue weighted by molar-refractivity contribution is 0.509. The Bertz CT molecular complexity index is 640. The minimum absolute atomic E-state index is 0.203. The number of aryl methyl sites for hydroxylation is 1. The van der Waals surface area contributed by atoms with Gasteiger partial charge in [-0.2, -0.15) is 0 Å². The minimum Gasteiger partial charge on any atom is -0.306 e. The van der Waals surface area contributed by atoms with Gasteiger partial charge in [-0.05, 0) is 41.1 Å². The zero-order valence-electron chi connectivity index (χ0n) is 8.72. The Morgan fingerprint density at radius 2 is 2.00 bits per heavy atom. The van der Waals surface area contributed by atoms with Gasteiger partial charge in [0, 0.05) is 5.56 Å². The van der Waals surface area contributed by atoms with Crippen LogP contribution in [-0.4, -0.2) is 9.97 Å². The molecule has 17 heavy (non-hydrogen) atoms. The van der Waals surface area contributed by atoms with E-state index in [0.717, 1.165) is 12.1 Å². The summed E-state index contributed by atoms with van der Waals surface area (Å²) < 4.78 is 26.1. The first kappa shape index (κ1) is 11.9. The first-order chi connectivity index (χ1) is 7.99. The SMILES string of the molecule is Cc1nc(-c2ccc(F)c(F)c2)[nH]c(=O)c1Br. The van der Waals surface area contributed by atoms with Crippen molar-refractivity contribution in [2.24, 2.45) is 0 Å². The van der Waals surface area contributed by atoms with E-state index in [2.05, 4.69) is 25.9 Å². The van der Waals surface area contributed by atoms with Gasteiger partial charge >= 0.3 is 0 Å². The predicted molar refractivity (Wildman–Crippen MR) is 62.6 cm³/mol. The molecule has 0 spiro atoms. The van der Waals surface area contributed by atoms with E-state index in [1.807, 2.05) is 0 Å². The Balaban J connectivity index is 2.61. The predicted octanol–water partition coefficient (Wildman–Crippen LogP) is 2.79. The van der Waals surface area contributed by atoms with Crippen LogP contribution in [0, 0.1) is 18.6 Å². The third kappa shape index (κ3) is 2.26. The second kappa shape index (κ2) is 4.37. The normalized spacial score (nSPS) is 10.6. The van der Waals surface area contributed by atoms with Crippen molar-refractivity contribution in [1.29, 1.82) is 0 Å². The Labute approximate surface area is 104 Å². The standard InChI is InChI=1S/C11H7BrF2N2O/c1-5-9(12)11(17)16-10(15-5)6-2-3-7(13)8(14)4-6/h2-4H,1H3,(H,15,16,17). The van der Waals surface area contributed by atoms with Gasteiger partial charge in [-0.15, -0.1) is 0 Å². The lowest BCUT2D eigenvalue weighted by Gasteiger charge is -2.04. The summed E-state index contributed by atoms with van der Waals surface area (Å²) in [6.07, 6.45) is 0. The van der Waals surface area contributed by atoms with Crippen LogP contribution in [0.1, 0.15) is 5.69 Å². The van der Waals surface area contributed by atoms with Crippen LogP contribution in [0.2, 0.25) is 0 Å². The molecule has 1 heterocycles. The van der Waals surface area contributed by atoms with Gasteiger partial charge in [0.05, 0.1) is 5.69 Å². The van der Waals surface area contributed by atoms with E-state index in [1.165, 1.54) is 6.07 Å². The van der Waals surface area contributed by atoms with E-state index >= 15 is 0 Å². The topological polar surface area (TPSA) is 45.8 Å². The number of aromatic amines is 1. The highest BCUT2D eigenvalue weighted by atomic mass is 79.9. The third-order valence-corrected chi connectivity index (χ3v) is 3.16. The van der Waals surface area contributed by atoms with Crippen LogP contribution in [0.3, 0.4) is 0 Å². The maximum Gasteiger partial charge on any atom is 0.265 e. The largest absolute Gasteiger partial charge is 0.306 e. The fourth-order valence-electron chi connectivity index (χ4n) is 1.35. The molecule has 2 aromatic rings. The van der Waals surface area contributed by atoms with Crippen LogP contribution in [-0.2, 0) is 0 Å². The van der Waals surface area contributed by atoms with Crippen LogP contribution in [0.25, 0.3) is 11.4 Å². The second-order valence-electron chi connectivity index (χ2n) is 3.44. The van der Waals surface area contributed by atoms with Gasteiger partial charge in [0.2, 0.25) is 0 Å². The molecule has 0 atom stereocenters. The van der Waals surface area contributed by atoms with Crippen molar-refractivity contribution in [2.45, 2.75) is 6.92 Å². The molecule has 0 bridgehead atoms. The van der Waals surface area contributed by atoms with Crippen molar-refractivity contribution in [2.75, 3.05) is 0 Å². The molecule has 6 heteroatoms. The Hall–Kier alpha value is -1.56. The van der Waals surface area contributed by atoms with Crippen molar-refractivity contribution >= 4 is 15.9 Å². The average Bonchev–Trinajstić information content (AvgIpc) is 2.29. The number of H-pyrrole nitrogens is 1. The smallest absolute Gasteiger partial charge is 0.265 e. The third-order valence-electron chi connectivity index (χ3n) is 2.22. The van der Waals surface area contributed by atoms with Crippen LogP contribution >= 0.6 is 15.9 Å². The zero-order chi connectivity index (χ0) is 12.6. The number of halogens is 3. The summed E-state index contributed by atoms with van der Waals surface area (Å²) in [7, 11) is 0. The fraction of sp³-hybridized carbons (Fsp3) is 0.0909. The number of benzene rings is 1. The summed E-state index contributed by atoms with van der Waals surface area (Å²) in [5.74, 6) is -1.72. The molecule has 0 saturated heterocycles. The number of aromatic nitrogens is 2. The molecule has 2 rings (SSSR count). The van der Waals surface area contributed by atoms with Gasteiger partial charge in [0.1, 0.15) is 10.3 Å². The van der Waals surface area contributed by atoms with Gasteiger partial charge in [0.15, 0.2) is 11.6 Å². The molecule has 0 radical (unpaired) electrons. The molecular weight excluding hydrogens is 294 g/mol. The lowest BCUT2D eigenvalue weighted by Crippen LogP contribution is -2.11. The number of hydrogen-bond donors (Lipinski definition) is 1. The minimum atomic E-state index is -0.981. The van der Waals surface area contributed by atoms with Crippen molar-refractivity contribution < 1.29 is 8.78 Å². The Morgan fingerprint density at radius 1 is 1.29 bits per heavy atom. The molecule has 1 N–H and O–H groups in total. The van der Waals surface area contributed by atoms with Crippen molar-refractivity contribution in [3.8, 4) is 11.4 Å². The van der Waals surface area contributed by atoms with E-state index in [4.69, 9.17) is 0 Å². The van der Waals surface area contributed by atoms with Crippen LogP contribution in [0.5, 0.6) is 0 Å². The van der Waals surface area contributed by atoms with Crippen molar-refractivity contribution in [3.63, 3.8) is 0 Å². The van der Waals surface area contributed by atoms with Crippen LogP contribution in [0.4, 0.5) is 8.78 Å². The van der Waals surface area contributed by atoms with Crippen molar-refractivity contribution in [3.05, 3.63) is 50.4 Å². The van der Waals surface area contributed by atoms with Gasteiger partial charge < -0.3 is 4.98 Å². The average molecular weight is 301 g/mol. The van der Waals surface area contributed by atoms with Gasteiger partial charge in [0.25, 0.3) is 5.56 Å². The zero-order valence-corrected chi connectivity index (χ0v) is 10.3. The van der Waals surface area contributed by atoms with Crippen LogP contribution in [0.15, 0.2) is 27.5 Å².